The fourth-order valence-electron chi connectivity index (χ4n) is 6.79. The number of nitrogens with zero attached hydrogens (tertiary/aromatic N) is 2. The summed E-state index contributed by atoms with van der Waals surface area (Å²) in [4.78, 5) is 18.4. The van der Waals surface area contributed by atoms with Gasteiger partial charge < -0.3 is 10.2 Å². The lowest BCUT2D eigenvalue weighted by Crippen LogP contribution is -2.47. The number of hydrogen-bond acceptors (Lipinski definition) is 3. The molecular formula is C36H35F4N3O. The molecule has 1 N–H and O–H groups in total. The number of piperazine rings is 1. The van der Waals surface area contributed by atoms with Gasteiger partial charge in [0.1, 0.15) is 17.8 Å². The van der Waals surface area contributed by atoms with Crippen LogP contribution in [-0.4, -0.2) is 56.3 Å². The van der Waals surface area contributed by atoms with Crippen molar-refractivity contribution in [2.75, 3.05) is 44.2 Å². The molecular weight excluding hydrogens is 566 g/mol. The van der Waals surface area contributed by atoms with Gasteiger partial charge in [0.25, 0.3) is 0 Å². The molecule has 0 radical (unpaired) electrons. The third-order valence-electron chi connectivity index (χ3n) is 8.92. The number of carbonyl (C=O) groups is 1. The number of unbranched alkanes of at least 4 members (excludes halogenated alkanes) is 1. The van der Waals surface area contributed by atoms with Crippen LogP contribution in [0.4, 0.5) is 23.2 Å². The number of halogens is 4. The van der Waals surface area contributed by atoms with Crippen molar-refractivity contribution in [3.05, 3.63) is 114 Å². The number of amides is 1. The SMILES string of the molecule is O=C(NCC(F)(F)F)C1(CCCCN2CCN(c3cccc(-c4cccc(F)c4)c3)CC2)c2ccccc2-c2ccccc21. The molecule has 228 valence electrons. The lowest BCUT2D eigenvalue weighted by atomic mass is 9.73. The van der Waals surface area contributed by atoms with E-state index in [-0.39, 0.29) is 5.82 Å². The quantitative estimate of drug-likeness (QED) is 0.160. The zero-order valence-corrected chi connectivity index (χ0v) is 24.4. The minimum Gasteiger partial charge on any atom is -0.369 e. The molecule has 0 aromatic heterocycles. The summed E-state index contributed by atoms with van der Waals surface area (Å²) in [6, 6.07) is 29.9. The van der Waals surface area contributed by atoms with Crippen LogP contribution in [-0.2, 0) is 10.2 Å². The van der Waals surface area contributed by atoms with Crippen LogP contribution in [0, 0.1) is 5.82 Å². The van der Waals surface area contributed by atoms with Crippen molar-refractivity contribution in [3.8, 4) is 22.3 Å². The predicted molar refractivity (Wildman–Crippen MR) is 166 cm³/mol. The van der Waals surface area contributed by atoms with E-state index in [1.807, 2.05) is 66.7 Å². The van der Waals surface area contributed by atoms with Crippen molar-refractivity contribution in [2.45, 2.75) is 30.9 Å². The second kappa shape index (κ2) is 12.4. The van der Waals surface area contributed by atoms with Crippen LogP contribution in [0.3, 0.4) is 0 Å². The van der Waals surface area contributed by atoms with Gasteiger partial charge in [0, 0.05) is 31.9 Å². The molecule has 4 aromatic carbocycles. The number of benzene rings is 4. The summed E-state index contributed by atoms with van der Waals surface area (Å²) in [5, 5.41) is 2.22. The Morgan fingerprint density at radius 3 is 2.00 bits per heavy atom. The van der Waals surface area contributed by atoms with E-state index in [1.54, 1.807) is 12.1 Å². The van der Waals surface area contributed by atoms with Gasteiger partial charge >= 0.3 is 6.18 Å². The van der Waals surface area contributed by atoms with Gasteiger partial charge in [-0.2, -0.15) is 13.2 Å². The van der Waals surface area contributed by atoms with E-state index in [2.05, 4.69) is 27.2 Å². The number of rotatable bonds is 9. The highest BCUT2D eigenvalue weighted by atomic mass is 19.4. The summed E-state index contributed by atoms with van der Waals surface area (Å²) in [6.45, 7) is 2.97. The van der Waals surface area contributed by atoms with E-state index in [0.29, 0.717) is 12.8 Å². The molecule has 1 aliphatic heterocycles. The first kappa shape index (κ1) is 29.9. The smallest absolute Gasteiger partial charge is 0.369 e. The Morgan fingerprint density at radius 1 is 0.750 bits per heavy atom. The lowest BCUT2D eigenvalue weighted by molar-refractivity contribution is -0.141. The van der Waals surface area contributed by atoms with Gasteiger partial charge in [-0.1, -0.05) is 79.2 Å². The van der Waals surface area contributed by atoms with E-state index < -0.39 is 24.0 Å². The Morgan fingerprint density at radius 2 is 1.36 bits per heavy atom. The summed E-state index contributed by atoms with van der Waals surface area (Å²) in [6.07, 6.45) is -2.54. The van der Waals surface area contributed by atoms with E-state index in [4.69, 9.17) is 0 Å². The Kier molecular flexibility index (Phi) is 8.45. The van der Waals surface area contributed by atoms with Gasteiger partial charge in [0.05, 0.1) is 0 Å². The molecule has 1 heterocycles. The van der Waals surface area contributed by atoms with Gasteiger partial charge in [-0.15, -0.1) is 0 Å². The highest BCUT2D eigenvalue weighted by Gasteiger charge is 2.49. The third kappa shape index (κ3) is 6.09. The van der Waals surface area contributed by atoms with E-state index in [1.165, 1.54) is 6.07 Å². The molecule has 0 saturated carbocycles. The first-order valence-corrected chi connectivity index (χ1v) is 15.1. The fourth-order valence-corrected chi connectivity index (χ4v) is 6.79. The molecule has 1 amide bonds. The lowest BCUT2D eigenvalue weighted by Gasteiger charge is -2.36. The number of anilines is 1. The van der Waals surface area contributed by atoms with E-state index >= 15 is 0 Å². The average Bonchev–Trinajstić information content (AvgIpc) is 3.32. The molecule has 0 atom stereocenters. The van der Waals surface area contributed by atoms with Gasteiger partial charge in [0.15, 0.2) is 0 Å². The van der Waals surface area contributed by atoms with Crippen LogP contribution in [0.25, 0.3) is 22.3 Å². The maximum absolute atomic E-state index is 13.8. The van der Waals surface area contributed by atoms with Gasteiger partial charge in [-0.05, 0) is 77.0 Å². The van der Waals surface area contributed by atoms with Crippen LogP contribution in [0.5, 0.6) is 0 Å². The van der Waals surface area contributed by atoms with Crippen LogP contribution in [0.15, 0.2) is 97.1 Å². The molecule has 2 aliphatic rings. The van der Waals surface area contributed by atoms with Crippen molar-refractivity contribution in [3.63, 3.8) is 0 Å². The average molecular weight is 602 g/mol. The van der Waals surface area contributed by atoms with Crippen molar-refractivity contribution in [1.29, 1.82) is 0 Å². The topological polar surface area (TPSA) is 35.6 Å². The zero-order chi connectivity index (χ0) is 30.7. The number of alkyl halides is 3. The first-order chi connectivity index (χ1) is 21.2. The molecule has 0 spiro atoms. The summed E-state index contributed by atoms with van der Waals surface area (Å²) in [7, 11) is 0. The van der Waals surface area contributed by atoms with Crippen LogP contribution in [0.2, 0.25) is 0 Å². The van der Waals surface area contributed by atoms with Crippen LogP contribution in [0.1, 0.15) is 30.4 Å². The predicted octanol–water partition coefficient (Wildman–Crippen LogP) is 7.43. The third-order valence-corrected chi connectivity index (χ3v) is 8.92. The molecule has 0 unspecified atom stereocenters. The molecule has 6 rings (SSSR count). The standard InChI is InChI=1S/C36H35F4N3O/c37-28-11-7-9-26(23-28)27-10-8-12-29(24-27)43-21-19-42(20-22-43)18-6-5-17-35(34(44)41-25-36(38,39)40)32-15-3-1-13-30(32)31-14-2-4-16-33(31)35/h1-4,7-16,23-24H,5-6,17-22,25H2,(H,41,44). The first-order valence-electron chi connectivity index (χ1n) is 15.1. The maximum Gasteiger partial charge on any atom is 0.405 e. The summed E-state index contributed by atoms with van der Waals surface area (Å²) < 4.78 is 53.2. The Balaban J connectivity index is 1.10. The number of fused-ring (bicyclic) bond motifs is 3. The normalized spacial score (nSPS) is 16.0. The second-order valence-electron chi connectivity index (χ2n) is 11.6. The number of nitrogens with one attached hydrogen (secondary N) is 1. The monoisotopic (exact) mass is 601 g/mol. The highest BCUT2D eigenvalue weighted by molar-refractivity contribution is 6.00. The van der Waals surface area contributed by atoms with Crippen LogP contribution >= 0.6 is 0 Å². The van der Waals surface area contributed by atoms with Crippen molar-refractivity contribution < 1.29 is 22.4 Å². The largest absolute Gasteiger partial charge is 0.405 e. The molecule has 1 saturated heterocycles. The molecule has 8 heteroatoms. The summed E-state index contributed by atoms with van der Waals surface area (Å²) in [5.41, 5.74) is 5.13. The summed E-state index contributed by atoms with van der Waals surface area (Å²) in [5.74, 6) is -0.850. The minimum absolute atomic E-state index is 0.254. The highest BCUT2D eigenvalue weighted by Crippen LogP contribution is 2.51. The summed E-state index contributed by atoms with van der Waals surface area (Å²) >= 11 is 0. The number of carbonyl (C=O) groups excluding carboxylic acids is 1. The van der Waals surface area contributed by atoms with Crippen molar-refractivity contribution in [1.82, 2.24) is 10.2 Å². The Hall–Kier alpha value is -4.17. The van der Waals surface area contributed by atoms with E-state index in [9.17, 15) is 22.4 Å². The zero-order valence-electron chi connectivity index (χ0n) is 24.4. The molecule has 0 bridgehead atoms. The number of hydrogen-bond donors (Lipinski definition) is 1. The molecule has 1 fully saturated rings. The minimum atomic E-state index is -4.49. The van der Waals surface area contributed by atoms with Gasteiger partial charge in [0.2, 0.25) is 5.91 Å². The Bertz CT molecular complexity index is 1580. The van der Waals surface area contributed by atoms with Crippen molar-refractivity contribution >= 4 is 11.6 Å². The maximum atomic E-state index is 13.8. The second-order valence-corrected chi connectivity index (χ2v) is 11.6. The van der Waals surface area contributed by atoms with Gasteiger partial charge in [-0.25, -0.2) is 4.39 Å². The molecule has 4 nitrogen and oxygen atoms in total. The molecule has 4 aromatic rings. The van der Waals surface area contributed by atoms with Crippen molar-refractivity contribution in [2.24, 2.45) is 0 Å². The molecule has 1 aliphatic carbocycles. The molecule has 44 heavy (non-hydrogen) atoms. The van der Waals surface area contributed by atoms with E-state index in [0.717, 1.165) is 78.2 Å². The van der Waals surface area contributed by atoms with Crippen LogP contribution < -0.4 is 10.2 Å². The Labute approximate surface area is 255 Å². The van der Waals surface area contributed by atoms with Gasteiger partial charge in [-0.3, -0.25) is 9.69 Å². The fraction of sp³-hybridized carbons (Fsp3) is 0.306.